The zero-order chi connectivity index (χ0) is 14.6. The van der Waals surface area contributed by atoms with Crippen LogP contribution in [0.1, 0.15) is 19.8 Å². The van der Waals surface area contributed by atoms with Crippen molar-refractivity contribution in [3.05, 3.63) is 0 Å². The summed E-state index contributed by atoms with van der Waals surface area (Å²) in [7, 11) is 1.52. The molecule has 1 atom stereocenters. The number of carbonyl (C=O) groups is 2. The van der Waals surface area contributed by atoms with Gasteiger partial charge in [-0.3, -0.25) is 9.59 Å². The predicted octanol–water partition coefficient (Wildman–Crippen LogP) is 0.115. The van der Waals surface area contributed by atoms with Crippen LogP contribution in [0.25, 0.3) is 0 Å². The first-order valence-corrected chi connectivity index (χ1v) is 7.34. The molecule has 7 heteroatoms. The summed E-state index contributed by atoms with van der Waals surface area (Å²) in [6.07, 6.45) is 2.00. The van der Waals surface area contributed by atoms with Crippen molar-refractivity contribution in [2.45, 2.75) is 19.8 Å². The average molecular weight is 320 g/mol. The Morgan fingerprint density at radius 1 is 1.19 bits per heavy atom. The van der Waals surface area contributed by atoms with E-state index in [0.29, 0.717) is 26.2 Å². The van der Waals surface area contributed by atoms with E-state index in [2.05, 4.69) is 5.32 Å². The number of halogens is 1. The van der Waals surface area contributed by atoms with Gasteiger partial charge in [0.2, 0.25) is 11.8 Å². The molecule has 0 aromatic heterocycles. The van der Waals surface area contributed by atoms with E-state index in [-0.39, 0.29) is 36.2 Å². The minimum Gasteiger partial charge on any atom is -0.375 e. The maximum atomic E-state index is 12.6. The first-order chi connectivity index (χ1) is 9.57. The summed E-state index contributed by atoms with van der Waals surface area (Å²) >= 11 is 0. The number of nitrogens with zero attached hydrogens (tertiary/aromatic N) is 2. The summed E-state index contributed by atoms with van der Waals surface area (Å²) in [5.74, 6) is 0.230. The van der Waals surface area contributed by atoms with Crippen molar-refractivity contribution >= 4 is 24.2 Å². The molecule has 2 heterocycles. The van der Waals surface area contributed by atoms with E-state index in [1.807, 2.05) is 11.8 Å². The largest absolute Gasteiger partial charge is 0.375 e. The molecular formula is C14H26ClN3O3. The van der Waals surface area contributed by atoms with Gasteiger partial charge in [-0.25, -0.2) is 0 Å². The number of nitrogens with one attached hydrogen (secondary N) is 1. The number of ether oxygens (including phenoxy) is 1. The summed E-state index contributed by atoms with van der Waals surface area (Å²) in [5, 5.41) is 3.31. The number of amides is 2. The van der Waals surface area contributed by atoms with Gasteiger partial charge in [-0.15, -0.1) is 12.4 Å². The predicted molar refractivity (Wildman–Crippen MR) is 82.5 cm³/mol. The van der Waals surface area contributed by atoms with Crippen LogP contribution in [-0.4, -0.2) is 74.6 Å². The molecule has 2 saturated heterocycles. The van der Waals surface area contributed by atoms with Crippen LogP contribution >= 0.6 is 12.4 Å². The summed E-state index contributed by atoms with van der Waals surface area (Å²) in [6.45, 7) is 6.40. The Morgan fingerprint density at radius 3 is 2.33 bits per heavy atom. The molecule has 0 radical (unpaired) electrons. The fourth-order valence-electron chi connectivity index (χ4n) is 2.99. The highest BCUT2D eigenvalue weighted by Gasteiger charge is 2.38. The monoisotopic (exact) mass is 319 g/mol. The molecule has 2 fully saturated rings. The average Bonchev–Trinajstić information content (AvgIpc) is 2.48. The maximum absolute atomic E-state index is 12.6. The van der Waals surface area contributed by atoms with E-state index in [4.69, 9.17) is 4.74 Å². The molecule has 2 aliphatic rings. The SMILES string of the molecule is COCC(=O)N1CCN(C(=O)C2(C)CCCNC2)CC1.Cl. The Morgan fingerprint density at radius 2 is 1.81 bits per heavy atom. The van der Waals surface area contributed by atoms with Gasteiger partial charge in [0.05, 0.1) is 5.41 Å². The second-order valence-electron chi connectivity index (χ2n) is 5.95. The molecule has 0 spiro atoms. The van der Waals surface area contributed by atoms with Crippen LogP contribution in [0.4, 0.5) is 0 Å². The Kier molecular flexibility index (Phi) is 6.90. The van der Waals surface area contributed by atoms with E-state index >= 15 is 0 Å². The lowest BCUT2D eigenvalue weighted by atomic mass is 9.81. The smallest absolute Gasteiger partial charge is 0.248 e. The second-order valence-corrected chi connectivity index (χ2v) is 5.95. The number of carbonyl (C=O) groups excluding carboxylic acids is 2. The molecule has 21 heavy (non-hydrogen) atoms. The van der Waals surface area contributed by atoms with Crippen molar-refractivity contribution in [2.24, 2.45) is 5.41 Å². The maximum Gasteiger partial charge on any atom is 0.248 e. The fourth-order valence-corrected chi connectivity index (χ4v) is 2.99. The van der Waals surface area contributed by atoms with Crippen molar-refractivity contribution in [3.63, 3.8) is 0 Å². The fraction of sp³-hybridized carbons (Fsp3) is 0.857. The summed E-state index contributed by atoms with van der Waals surface area (Å²) in [6, 6.07) is 0. The molecule has 1 unspecified atom stereocenters. The number of piperidine rings is 1. The van der Waals surface area contributed by atoms with Crippen LogP contribution in [0, 0.1) is 5.41 Å². The topological polar surface area (TPSA) is 61.9 Å². The van der Waals surface area contributed by atoms with Gasteiger partial charge in [0.15, 0.2) is 0 Å². The van der Waals surface area contributed by atoms with Crippen LogP contribution in [0.2, 0.25) is 0 Å². The van der Waals surface area contributed by atoms with E-state index in [1.165, 1.54) is 7.11 Å². The van der Waals surface area contributed by atoms with Crippen molar-refractivity contribution in [2.75, 3.05) is 53.0 Å². The number of rotatable bonds is 3. The van der Waals surface area contributed by atoms with Gasteiger partial charge in [0.1, 0.15) is 6.61 Å². The molecule has 6 nitrogen and oxygen atoms in total. The lowest BCUT2D eigenvalue weighted by Gasteiger charge is -2.41. The van der Waals surface area contributed by atoms with Gasteiger partial charge in [-0.05, 0) is 26.3 Å². The van der Waals surface area contributed by atoms with Gasteiger partial charge in [0.25, 0.3) is 0 Å². The van der Waals surface area contributed by atoms with Gasteiger partial charge >= 0.3 is 0 Å². The first-order valence-electron chi connectivity index (χ1n) is 7.34. The molecule has 0 aromatic rings. The minimum atomic E-state index is -0.281. The molecule has 122 valence electrons. The van der Waals surface area contributed by atoms with E-state index in [9.17, 15) is 9.59 Å². The van der Waals surface area contributed by atoms with Crippen LogP contribution in [0.5, 0.6) is 0 Å². The van der Waals surface area contributed by atoms with Crippen molar-refractivity contribution in [1.82, 2.24) is 15.1 Å². The second kappa shape index (κ2) is 7.96. The van der Waals surface area contributed by atoms with Crippen molar-refractivity contribution in [3.8, 4) is 0 Å². The van der Waals surface area contributed by atoms with Crippen LogP contribution in [-0.2, 0) is 14.3 Å². The van der Waals surface area contributed by atoms with Crippen LogP contribution in [0.3, 0.4) is 0 Å². The quantitative estimate of drug-likeness (QED) is 0.802. The van der Waals surface area contributed by atoms with Gasteiger partial charge < -0.3 is 19.9 Å². The Labute approximate surface area is 132 Å². The van der Waals surface area contributed by atoms with Gasteiger partial charge in [0, 0.05) is 39.8 Å². The lowest BCUT2D eigenvalue weighted by molar-refractivity contribution is -0.148. The van der Waals surface area contributed by atoms with E-state index < -0.39 is 0 Å². The lowest BCUT2D eigenvalue weighted by Crippen LogP contribution is -2.56. The third-order valence-electron chi connectivity index (χ3n) is 4.30. The first kappa shape index (κ1) is 18.2. The van der Waals surface area contributed by atoms with Crippen molar-refractivity contribution in [1.29, 1.82) is 0 Å². The molecule has 0 saturated carbocycles. The molecule has 2 rings (SSSR count). The number of hydrogen-bond acceptors (Lipinski definition) is 4. The minimum absolute atomic E-state index is 0. The summed E-state index contributed by atoms with van der Waals surface area (Å²) in [4.78, 5) is 28.0. The Hall–Kier alpha value is -0.850. The third kappa shape index (κ3) is 4.31. The Bertz CT molecular complexity index is 364. The Balaban J connectivity index is 0.00000220. The zero-order valence-electron chi connectivity index (χ0n) is 12.9. The highest BCUT2D eigenvalue weighted by Crippen LogP contribution is 2.28. The van der Waals surface area contributed by atoms with Crippen LogP contribution in [0.15, 0.2) is 0 Å². The highest BCUT2D eigenvalue weighted by atomic mass is 35.5. The molecule has 2 amide bonds. The van der Waals surface area contributed by atoms with Gasteiger partial charge in [-0.1, -0.05) is 0 Å². The highest BCUT2D eigenvalue weighted by molar-refractivity contribution is 5.85. The van der Waals surface area contributed by atoms with Gasteiger partial charge in [-0.2, -0.15) is 0 Å². The number of hydrogen-bond donors (Lipinski definition) is 1. The summed E-state index contributed by atoms with van der Waals surface area (Å²) in [5.41, 5.74) is -0.281. The molecule has 2 aliphatic heterocycles. The van der Waals surface area contributed by atoms with Crippen LogP contribution < -0.4 is 5.32 Å². The van der Waals surface area contributed by atoms with Crippen molar-refractivity contribution < 1.29 is 14.3 Å². The zero-order valence-corrected chi connectivity index (χ0v) is 13.7. The number of piperazine rings is 1. The molecule has 0 aromatic carbocycles. The molecule has 0 bridgehead atoms. The molecule has 1 N–H and O–H groups in total. The number of methoxy groups -OCH3 is 1. The third-order valence-corrected chi connectivity index (χ3v) is 4.30. The molecule has 0 aliphatic carbocycles. The van der Waals surface area contributed by atoms with E-state index in [0.717, 1.165) is 25.9 Å². The van der Waals surface area contributed by atoms with E-state index in [1.54, 1.807) is 4.90 Å². The summed E-state index contributed by atoms with van der Waals surface area (Å²) < 4.78 is 4.86. The normalized spacial score (nSPS) is 26.2. The standard InChI is InChI=1S/C14H25N3O3.ClH/c1-14(4-3-5-15-11-14)13(19)17-8-6-16(7-9-17)12(18)10-20-2;/h15H,3-11H2,1-2H3;1H. The molecular weight excluding hydrogens is 294 g/mol.